The van der Waals surface area contributed by atoms with Crippen molar-refractivity contribution in [1.29, 1.82) is 0 Å². The van der Waals surface area contributed by atoms with Crippen molar-refractivity contribution >= 4 is 0 Å². The van der Waals surface area contributed by atoms with E-state index in [0.29, 0.717) is 0 Å². The molecular weight excluding hydrogens is 178 g/mol. The SMILES string of the molecule is CNCC1(Cc2ccco2)CCOC1. The number of hydrogen-bond acceptors (Lipinski definition) is 3. The molecule has 1 fully saturated rings. The second-order valence-corrected chi connectivity index (χ2v) is 4.09. The first kappa shape index (κ1) is 9.74. The molecular formula is C11H17NO2. The normalized spacial score (nSPS) is 26.9. The van der Waals surface area contributed by atoms with Gasteiger partial charge >= 0.3 is 0 Å². The fourth-order valence-corrected chi connectivity index (χ4v) is 2.15. The molecule has 0 radical (unpaired) electrons. The maximum absolute atomic E-state index is 5.48. The second kappa shape index (κ2) is 4.15. The van der Waals surface area contributed by atoms with Crippen molar-refractivity contribution in [3.63, 3.8) is 0 Å². The van der Waals surface area contributed by atoms with Crippen molar-refractivity contribution in [2.75, 3.05) is 26.8 Å². The van der Waals surface area contributed by atoms with Crippen LogP contribution in [0.4, 0.5) is 0 Å². The summed E-state index contributed by atoms with van der Waals surface area (Å²) in [4.78, 5) is 0. The summed E-state index contributed by atoms with van der Waals surface area (Å²) in [5.74, 6) is 1.06. The van der Waals surface area contributed by atoms with Crippen molar-refractivity contribution in [2.24, 2.45) is 5.41 Å². The summed E-state index contributed by atoms with van der Waals surface area (Å²) in [5, 5.41) is 3.24. The van der Waals surface area contributed by atoms with E-state index in [9.17, 15) is 0 Å². The molecule has 0 bridgehead atoms. The summed E-state index contributed by atoms with van der Waals surface area (Å²) < 4.78 is 10.9. The Bertz CT molecular complexity index is 263. The molecule has 1 N–H and O–H groups in total. The van der Waals surface area contributed by atoms with Gasteiger partial charge in [-0.05, 0) is 25.6 Å². The largest absolute Gasteiger partial charge is 0.469 e. The van der Waals surface area contributed by atoms with Crippen LogP contribution in [0.1, 0.15) is 12.2 Å². The number of ether oxygens (including phenoxy) is 1. The average Bonchev–Trinajstić information content (AvgIpc) is 2.78. The molecule has 2 heterocycles. The Kier molecular flexibility index (Phi) is 2.89. The van der Waals surface area contributed by atoms with Gasteiger partial charge in [0.1, 0.15) is 5.76 Å². The van der Waals surface area contributed by atoms with Gasteiger partial charge in [-0.1, -0.05) is 0 Å². The lowest BCUT2D eigenvalue weighted by Crippen LogP contribution is -2.35. The molecule has 1 aliphatic rings. The van der Waals surface area contributed by atoms with E-state index in [4.69, 9.17) is 9.15 Å². The smallest absolute Gasteiger partial charge is 0.104 e. The summed E-state index contributed by atoms with van der Waals surface area (Å²) in [6.07, 6.45) is 3.83. The van der Waals surface area contributed by atoms with Crippen molar-refractivity contribution in [2.45, 2.75) is 12.8 Å². The van der Waals surface area contributed by atoms with Crippen LogP contribution in [0.15, 0.2) is 22.8 Å². The third-order valence-corrected chi connectivity index (χ3v) is 2.87. The standard InChI is InChI=1S/C11H17NO2/c1-12-8-11(4-6-13-9-11)7-10-3-2-5-14-10/h2-3,5,12H,4,6-9H2,1H3. The Morgan fingerprint density at radius 1 is 1.57 bits per heavy atom. The Hall–Kier alpha value is -0.800. The van der Waals surface area contributed by atoms with Crippen molar-refractivity contribution in [1.82, 2.24) is 5.32 Å². The molecule has 14 heavy (non-hydrogen) atoms. The van der Waals surface area contributed by atoms with E-state index in [2.05, 4.69) is 5.32 Å². The maximum atomic E-state index is 5.48. The quantitative estimate of drug-likeness (QED) is 0.789. The number of nitrogens with one attached hydrogen (secondary N) is 1. The Morgan fingerprint density at radius 2 is 2.50 bits per heavy atom. The van der Waals surface area contributed by atoms with Crippen LogP contribution in [0.3, 0.4) is 0 Å². The fraction of sp³-hybridized carbons (Fsp3) is 0.636. The van der Waals surface area contributed by atoms with Crippen LogP contribution in [-0.2, 0) is 11.2 Å². The minimum Gasteiger partial charge on any atom is -0.469 e. The van der Waals surface area contributed by atoms with Gasteiger partial charge in [0.05, 0.1) is 12.9 Å². The minimum absolute atomic E-state index is 0.243. The molecule has 1 aliphatic heterocycles. The summed E-state index contributed by atoms with van der Waals surface area (Å²) in [5.41, 5.74) is 0.243. The molecule has 1 saturated heterocycles. The summed E-state index contributed by atoms with van der Waals surface area (Å²) in [6.45, 7) is 2.71. The van der Waals surface area contributed by atoms with Crippen LogP contribution in [0, 0.1) is 5.41 Å². The first-order chi connectivity index (χ1) is 6.85. The zero-order chi connectivity index (χ0) is 9.86. The lowest BCUT2D eigenvalue weighted by molar-refractivity contribution is 0.147. The van der Waals surface area contributed by atoms with E-state index in [-0.39, 0.29) is 5.41 Å². The highest BCUT2D eigenvalue weighted by atomic mass is 16.5. The van der Waals surface area contributed by atoms with Gasteiger partial charge in [0.2, 0.25) is 0 Å². The lowest BCUT2D eigenvalue weighted by Gasteiger charge is -2.25. The van der Waals surface area contributed by atoms with Crippen LogP contribution >= 0.6 is 0 Å². The first-order valence-corrected chi connectivity index (χ1v) is 5.09. The van der Waals surface area contributed by atoms with Crippen molar-refractivity contribution in [3.8, 4) is 0 Å². The van der Waals surface area contributed by atoms with Gasteiger partial charge in [-0.2, -0.15) is 0 Å². The number of hydrogen-bond donors (Lipinski definition) is 1. The van der Waals surface area contributed by atoms with Crippen molar-refractivity contribution in [3.05, 3.63) is 24.2 Å². The lowest BCUT2D eigenvalue weighted by atomic mass is 9.83. The fourth-order valence-electron chi connectivity index (χ4n) is 2.15. The summed E-state index contributed by atoms with van der Waals surface area (Å²) >= 11 is 0. The molecule has 0 saturated carbocycles. The van der Waals surface area contributed by atoms with Gasteiger partial charge in [-0.25, -0.2) is 0 Å². The van der Waals surface area contributed by atoms with Gasteiger partial charge in [0.25, 0.3) is 0 Å². The predicted octanol–water partition coefficient (Wildman–Crippen LogP) is 1.45. The highest BCUT2D eigenvalue weighted by Crippen LogP contribution is 2.32. The number of rotatable bonds is 4. The van der Waals surface area contributed by atoms with E-state index in [1.54, 1.807) is 6.26 Å². The minimum atomic E-state index is 0.243. The molecule has 0 aromatic carbocycles. The topological polar surface area (TPSA) is 34.4 Å². The van der Waals surface area contributed by atoms with Crippen LogP contribution in [0.2, 0.25) is 0 Å². The highest BCUT2D eigenvalue weighted by molar-refractivity contribution is 5.04. The molecule has 0 spiro atoms. The predicted molar refractivity (Wildman–Crippen MR) is 54.2 cm³/mol. The van der Waals surface area contributed by atoms with Crippen LogP contribution in [0.5, 0.6) is 0 Å². The Morgan fingerprint density at radius 3 is 3.07 bits per heavy atom. The molecule has 2 rings (SSSR count). The zero-order valence-electron chi connectivity index (χ0n) is 8.58. The van der Waals surface area contributed by atoms with E-state index >= 15 is 0 Å². The maximum Gasteiger partial charge on any atom is 0.104 e. The molecule has 0 aliphatic carbocycles. The Labute approximate surface area is 84.4 Å². The third kappa shape index (κ3) is 1.99. The van der Waals surface area contributed by atoms with Crippen LogP contribution < -0.4 is 5.32 Å². The molecule has 3 nitrogen and oxygen atoms in total. The average molecular weight is 195 g/mol. The van der Waals surface area contributed by atoms with Gasteiger partial charge in [-0.3, -0.25) is 0 Å². The van der Waals surface area contributed by atoms with Crippen LogP contribution in [0.25, 0.3) is 0 Å². The molecule has 78 valence electrons. The number of furan rings is 1. The molecule has 1 unspecified atom stereocenters. The van der Waals surface area contributed by atoms with Crippen LogP contribution in [-0.4, -0.2) is 26.8 Å². The Balaban J connectivity index is 2.04. The highest BCUT2D eigenvalue weighted by Gasteiger charge is 2.35. The molecule has 1 aromatic rings. The van der Waals surface area contributed by atoms with Gasteiger partial charge in [0, 0.05) is 25.0 Å². The van der Waals surface area contributed by atoms with E-state index in [0.717, 1.165) is 38.4 Å². The van der Waals surface area contributed by atoms with Gasteiger partial charge in [-0.15, -0.1) is 0 Å². The van der Waals surface area contributed by atoms with E-state index < -0.39 is 0 Å². The summed E-state index contributed by atoms with van der Waals surface area (Å²) in [7, 11) is 1.99. The molecule has 3 heteroatoms. The zero-order valence-corrected chi connectivity index (χ0v) is 8.58. The van der Waals surface area contributed by atoms with E-state index in [1.807, 2.05) is 19.2 Å². The van der Waals surface area contributed by atoms with Crippen molar-refractivity contribution < 1.29 is 9.15 Å². The molecule has 1 aromatic heterocycles. The second-order valence-electron chi connectivity index (χ2n) is 4.09. The van der Waals surface area contributed by atoms with Gasteiger partial charge in [0.15, 0.2) is 0 Å². The first-order valence-electron chi connectivity index (χ1n) is 5.09. The third-order valence-electron chi connectivity index (χ3n) is 2.87. The van der Waals surface area contributed by atoms with E-state index in [1.165, 1.54) is 0 Å². The monoisotopic (exact) mass is 195 g/mol. The molecule has 0 amide bonds. The summed E-state index contributed by atoms with van der Waals surface area (Å²) in [6, 6.07) is 3.98. The molecule has 1 atom stereocenters. The van der Waals surface area contributed by atoms with Gasteiger partial charge < -0.3 is 14.5 Å².